The van der Waals surface area contributed by atoms with E-state index in [0.29, 0.717) is 11.4 Å². The molecule has 0 spiro atoms. The maximum absolute atomic E-state index is 13.2. The fraction of sp³-hybridized carbons (Fsp3) is 0.0588. The van der Waals surface area contributed by atoms with Gasteiger partial charge in [-0.2, -0.15) is 5.10 Å². The minimum absolute atomic E-state index is 0.0155. The van der Waals surface area contributed by atoms with Gasteiger partial charge in [-0.1, -0.05) is 41.9 Å². The van der Waals surface area contributed by atoms with Gasteiger partial charge in [-0.25, -0.2) is 14.6 Å². The molecule has 0 bridgehead atoms. The Kier molecular flexibility index (Phi) is 4.59. The molecule has 122 valence electrons. The molecule has 0 aliphatic heterocycles. The maximum Gasteiger partial charge on any atom is 0.296 e. The van der Waals surface area contributed by atoms with E-state index >= 15 is 0 Å². The third-order valence-corrected chi connectivity index (χ3v) is 3.71. The molecule has 0 unspecified atom stereocenters. The van der Waals surface area contributed by atoms with Crippen LogP contribution in [0.15, 0.2) is 54.6 Å². The molecule has 0 fully saturated rings. The lowest BCUT2D eigenvalue weighted by molar-refractivity contribution is 0.0532. The minimum atomic E-state index is -0.569. The summed E-state index contributed by atoms with van der Waals surface area (Å²) >= 11 is 6.40. The summed E-state index contributed by atoms with van der Waals surface area (Å²) in [6.07, 6.45) is 0. The number of nitrogens with zero attached hydrogens (tertiary/aromatic N) is 2. The summed E-state index contributed by atoms with van der Waals surface area (Å²) in [6, 6.07) is 15.0. The van der Waals surface area contributed by atoms with Crippen LogP contribution < -0.4 is 5.48 Å². The smallest absolute Gasteiger partial charge is 0.277 e. The van der Waals surface area contributed by atoms with Crippen LogP contribution >= 0.6 is 11.6 Å². The van der Waals surface area contributed by atoms with Crippen LogP contribution in [0.25, 0.3) is 16.9 Å². The summed E-state index contributed by atoms with van der Waals surface area (Å²) in [6.45, 7) is 0. The molecular formula is C17H13ClFN3O2. The summed E-state index contributed by atoms with van der Waals surface area (Å²) in [4.78, 5) is 16.7. The van der Waals surface area contributed by atoms with Crippen molar-refractivity contribution in [3.63, 3.8) is 0 Å². The number of amides is 1. The molecule has 1 aromatic heterocycles. The van der Waals surface area contributed by atoms with E-state index in [4.69, 9.17) is 11.6 Å². The second kappa shape index (κ2) is 6.82. The number of nitrogens with one attached hydrogen (secondary N) is 1. The topological polar surface area (TPSA) is 56.1 Å². The number of aromatic nitrogens is 2. The zero-order valence-corrected chi connectivity index (χ0v) is 13.4. The van der Waals surface area contributed by atoms with Gasteiger partial charge in [0.05, 0.1) is 18.5 Å². The molecule has 0 aliphatic carbocycles. The SMILES string of the molecule is CONC(=O)c1nn(-c2ccc(F)cc2)c(-c2ccccc2)c1Cl. The molecule has 0 saturated heterocycles. The van der Waals surface area contributed by atoms with Crippen LogP contribution in [0.5, 0.6) is 0 Å². The van der Waals surface area contributed by atoms with Crippen molar-refractivity contribution in [2.24, 2.45) is 0 Å². The molecule has 24 heavy (non-hydrogen) atoms. The fourth-order valence-electron chi connectivity index (χ4n) is 2.30. The lowest BCUT2D eigenvalue weighted by Crippen LogP contribution is -2.22. The summed E-state index contributed by atoms with van der Waals surface area (Å²) in [5.74, 6) is -0.934. The van der Waals surface area contributed by atoms with Crippen molar-refractivity contribution >= 4 is 17.5 Å². The first-order valence-electron chi connectivity index (χ1n) is 7.05. The predicted octanol–water partition coefficient (Wildman–Crippen LogP) is 3.62. The quantitative estimate of drug-likeness (QED) is 0.735. The summed E-state index contributed by atoms with van der Waals surface area (Å²) in [5.41, 5.74) is 4.10. The van der Waals surface area contributed by atoms with E-state index in [9.17, 15) is 9.18 Å². The molecule has 1 N–H and O–H groups in total. The van der Waals surface area contributed by atoms with Crippen molar-refractivity contribution in [1.82, 2.24) is 15.3 Å². The van der Waals surface area contributed by atoms with E-state index < -0.39 is 5.91 Å². The van der Waals surface area contributed by atoms with Gasteiger partial charge >= 0.3 is 0 Å². The Morgan fingerprint density at radius 1 is 1.17 bits per heavy atom. The van der Waals surface area contributed by atoms with Gasteiger partial charge < -0.3 is 0 Å². The van der Waals surface area contributed by atoms with Crippen LogP contribution in [0.2, 0.25) is 5.02 Å². The lowest BCUT2D eigenvalue weighted by Gasteiger charge is -2.08. The first-order chi connectivity index (χ1) is 11.6. The summed E-state index contributed by atoms with van der Waals surface area (Å²) in [7, 11) is 1.32. The number of hydrogen-bond acceptors (Lipinski definition) is 3. The van der Waals surface area contributed by atoms with E-state index in [1.165, 1.54) is 23.9 Å². The Morgan fingerprint density at radius 3 is 2.46 bits per heavy atom. The van der Waals surface area contributed by atoms with Gasteiger partial charge in [0, 0.05) is 5.56 Å². The highest BCUT2D eigenvalue weighted by atomic mass is 35.5. The summed E-state index contributed by atoms with van der Waals surface area (Å²) in [5, 5.41) is 4.46. The van der Waals surface area contributed by atoms with Gasteiger partial charge in [-0.3, -0.25) is 9.63 Å². The Bertz CT molecular complexity index is 864. The first kappa shape index (κ1) is 16.2. The van der Waals surface area contributed by atoms with E-state index in [0.717, 1.165) is 5.56 Å². The maximum atomic E-state index is 13.2. The Morgan fingerprint density at radius 2 is 1.83 bits per heavy atom. The summed E-state index contributed by atoms with van der Waals surface area (Å²) < 4.78 is 14.7. The Balaban J connectivity index is 2.21. The van der Waals surface area contributed by atoms with Crippen molar-refractivity contribution in [1.29, 1.82) is 0 Å². The van der Waals surface area contributed by atoms with Crippen molar-refractivity contribution in [3.8, 4) is 16.9 Å². The number of rotatable bonds is 4. The predicted molar refractivity (Wildman–Crippen MR) is 88.4 cm³/mol. The van der Waals surface area contributed by atoms with Crippen molar-refractivity contribution in [2.75, 3.05) is 7.11 Å². The van der Waals surface area contributed by atoms with Crippen LogP contribution in [-0.2, 0) is 4.84 Å². The Labute approximate surface area is 142 Å². The number of hydrogen-bond donors (Lipinski definition) is 1. The van der Waals surface area contributed by atoms with Crippen molar-refractivity contribution in [2.45, 2.75) is 0 Å². The van der Waals surface area contributed by atoms with Crippen molar-refractivity contribution in [3.05, 3.63) is 71.1 Å². The monoisotopic (exact) mass is 345 g/mol. The molecule has 1 amide bonds. The number of hydroxylamine groups is 1. The van der Waals surface area contributed by atoms with E-state index in [1.807, 2.05) is 30.3 Å². The van der Waals surface area contributed by atoms with E-state index in [1.54, 1.807) is 12.1 Å². The lowest BCUT2D eigenvalue weighted by atomic mass is 10.1. The van der Waals surface area contributed by atoms with Gasteiger partial charge in [-0.15, -0.1) is 0 Å². The molecule has 1 heterocycles. The standard InChI is InChI=1S/C17H13ClFN3O2/c1-24-21-17(23)15-14(18)16(11-5-3-2-4-6-11)22(20-15)13-9-7-12(19)8-10-13/h2-10H,1H3,(H,21,23). The number of benzene rings is 2. The molecule has 7 heteroatoms. The average molecular weight is 346 g/mol. The zero-order chi connectivity index (χ0) is 17.1. The largest absolute Gasteiger partial charge is 0.296 e. The molecule has 0 aliphatic rings. The number of carbonyl (C=O) groups is 1. The normalized spacial score (nSPS) is 10.6. The van der Waals surface area contributed by atoms with Crippen LogP contribution in [0.4, 0.5) is 4.39 Å². The highest BCUT2D eigenvalue weighted by Gasteiger charge is 2.23. The van der Waals surface area contributed by atoms with Gasteiger partial charge in [0.1, 0.15) is 10.8 Å². The van der Waals surface area contributed by atoms with Gasteiger partial charge in [-0.05, 0) is 24.3 Å². The molecule has 5 nitrogen and oxygen atoms in total. The molecule has 2 aromatic carbocycles. The third kappa shape index (κ3) is 3.02. The van der Waals surface area contributed by atoms with Gasteiger partial charge in [0.15, 0.2) is 5.69 Å². The zero-order valence-electron chi connectivity index (χ0n) is 12.7. The second-order valence-corrected chi connectivity index (χ2v) is 5.28. The second-order valence-electron chi connectivity index (χ2n) is 4.90. The molecular weight excluding hydrogens is 333 g/mol. The third-order valence-electron chi connectivity index (χ3n) is 3.36. The highest BCUT2D eigenvalue weighted by Crippen LogP contribution is 2.33. The van der Waals surface area contributed by atoms with Crippen LogP contribution in [-0.4, -0.2) is 22.8 Å². The first-order valence-corrected chi connectivity index (χ1v) is 7.43. The van der Waals surface area contributed by atoms with Crippen LogP contribution in [0.1, 0.15) is 10.5 Å². The van der Waals surface area contributed by atoms with E-state index in [2.05, 4.69) is 15.4 Å². The van der Waals surface area contributed by atoms with Crippen molar-refractivity contribution < 1.29 is 14.0 Å². The van der Waals surface area contributed by atoms with Gasteiger partial charge in [0.25, 0.3) is 5.91 Å². The fourth-order valence-corrected chi connectivity index (χ4v) is 2.61. The van der Waals surface area contributed by atoms with E-state index in [-0.39, 0.29) is 16.5 Å². The molecule has 0 saturated carbocycles. The molecule has 3 rings (SSSR count). The van der Waals surface area contributed by atoms with Crippen LogP contribution in [0.3, 0.4) is 0 Å². The number of halogens is 2. The average Bonchev–Trinajstić information content (AvgIpc) is 2.94. The minimum Gasteiger partial charge on any atom is -0.277 e. The molecule has 0 atom stereocenters. The van der Waals surface area contributed by atoms with Gasteiger partial charge in [0.2, 0.25) is 0 Å². The van der Waals surface area contributed by atoms with Crippen LogP contribution in [0, 0.1) is 5.82 Å². The Hall–Kier alpha value is -2.70. The molecule has 0 radical (unpaired) electrons. The highest BCUT2D eigenvalue weighted by molar-refractivity contribution is 6.36. The molecule has 3 aromatic rings. The number of carbonyl (C=O) groups excluding carboxylic acids is 1.